The Hall–Kier alpha value is -1.77. The number of nitrogens with one attached hydrogen (secondary N) is 1. The van der Waals surface area contributed by atoms with E-state index in [2.05, 4.69) is 41.2 Å². The largest absolute Gasteiger partial charge is 0.361 e. The Kier molecular flexibility index (Phi) is 4.34. The first-order valence-electron chi connectivity index (χ1n) is 9.58. The lowest BCUT2D eigenvalue weighted by Crippen LogP contribution is -2.49. The van der Waals surface area contributed by atoms with Gasteiger partial charge in [0.15, 0.2) is 0 Å². The van der Waals surface area contributed by atoms with Gasteiger partial charge in [-0.1, -0.05) is 24.5 Å². The molecule has 1 aliphatic heterocycles. The highest BCUT2D eigenvalue weighted by Crippen LogP contribution is 2.35. The van der Waals surface area contributed by atoms with Gasteiger partial charge < -0.3 is 9.88 Å². The molecule has 1 N–H and O–H groups in total. The van der Waals surface area contributed by atoms with Crippen molar-refractivity contribution in [3.63, 3.8) is 0 Å². The number of carbonyl (C=O) groups is 1. The molecule has 2 heterocycles. The molecule has 1 aromatic heterocycles. The van der Waals surface area contributed by atoms with Gasteiger partial charge in [0.05, 0.1) is 0 Å². The van der Waals surface area contributed by atoms with Crippen molar-refractivity contribution >= 4 is 16.8 Å². The predicted octanol–water partition coefficient (Wildman–Crippen LogP) is 4.59. The van der Waals surface area contributed by atoms with Gasteiger partial charge in [0.2, 0.25) is 5.91 Å². The van der Waals surface area contributed by atoms with Crippen molar-refractivity contribution in [2.45, 2.75) is 64.3 Å². The van der Waals surface area contributed by atoms with Gasteiger partial charge in [0, 0.05) is 36.1 Å². The molecule has 2 unspecified atom stereocenters. The number of aromatic nitrogens is 1. The Balaban J connectivity index is 1.44. The Labute approximate surface area is 144 Å². The standard InChI is InChI=1S/C21H28N2O/c1-15-8-10-19-18(13-15)17(14-22-19)9-11-21(24)23-12-4-6-16-5-2-3-7-20(16)23/h8,10,13-14,16,20,22H,2-7,9,11-12H2,1H3. The summed E-state index contributed by atoms with van der Waals surface area (Å²) in [6, 6.07) is 7.02. The summed E-state index contributed by atoms with van der Waals surface area (Å²) in [5.74, 6) is 1.14. The molecule has 3 heteroatoms. The van der Waals surface area contributed by atoms with E-state index in [0.717, 1.165) is 18.9 Å². The van der Waals surface area contributed by atoms with Crippen molar-refractivity contribution in [3.05, 3.63) is 35.5 Å². The quantitative estimate of drug-likeness (QED) is 0.880. The summed E-state index contributed by atoms with van der Waals surface area (Å²) in [6.45, 7) is 3.10. The van der Waals surface area contributed by atoms with Gasteiger partial charge in [-0.25, -0.2) is 0 Å². The number of fused-ring (bicyclic) bond motifs is 2. The molecular formula is C21H28N2O. The van der Waals surface area contributed by atoms with Crippen LogP contribution in [0.5, 0.6) is 0 Å². The van der Waals surface area contributed by atoms with E-state index in [1.807, 2.05) is 0 Å². The number of aromatic amines is 1. The third-order valence-corrected chi connectivity index (χ3v) is 6.09. The van der Waals surface area contributed by atoms with Crippen molar-refractivity contribution < 1.29 is 4.79 Å². The van der Waals surface area contributed by atoms with E-state index in [-0.39, 0.29) is 0 Å². The molecule has 1 amide bonds. The maximum absolute atomic E-state index is 12.9. The van der Waals surface area contributed by atoms with Gasteiger partial charge >= 0.3 is 0 Å². The van der Waals surface area contributed by atoms with Crippen LogP contribution in [0.3, 0.4) is 0 Å². The first-order chi connectivity index (χ1) is 11.7. The third kappa shape index (κ3) is 2.97. The fourth-order valence-electron chi connectivity index (χ4n) is 4.82. The van der Waals surface area contributed by atoms with Crippen LogP contribution in [0, 0.1) is 12.8 Å². The first kappa shape index (κ1) is 15.7. The number of carbonyl (C=O) groups excluding carboxylic acids is 1. The van der Waals surface area contributed by atoms with E-state index >= 15 is 0 Å². The monoisotopic (exact) mass is 324 g/mol. The van der Waals surface area contributed by atoms with Crippen molar-refractivity contribution in [2.75, 3.05) is 6.54 Å². The molecule has 1 saturated carbocycles. The number of hydrogen-bond acceptors (Lipinski definition) is 1. The summed E-state index contributed by atoms with van der Waals surface area (Å²) in [4.78, 5) is 18.4. The maximum Gasteiger partial charge on any atom is 0.223 e. The molecule has 2 fully saturated rings. The van der Waals surface area contributed by atoms with Crippen molar-refractivity contribution in [2.24, 2.45) is 5.92 Å². The molecule has 2 aliphatic rings. The topological polar surface area (TPSA) is 36.1 Å². The second-order valence-corrected chi connectivity index (χ2v) is 7.70. The van der Waals surface area contributed by atoms with Crippen LogP contribution in [0.25, 0.3) is 10.9 Å². The van der Waals surface area contributed by atoms with Crippen LogP contribution in [0.15, 0.2) is 24.4 Å². The molecule has 2 aromatic rings. The van der Waals surface area contributed by atoms with Crippen LogP contribution in [-0.4, -0.2) is 28.4 Å². The Morgan fingerprint density at radius 2 is 2.04 bits per heavy atom. The van der Waals surface area contributed by atoms with Gasteiger partial charge in [-0.3, -0.25) is 4.79 Å². The lowest BCUT2D eigenvalue weighted by Gasteiger charge is -2.44. The lowest BCUT2D eigenvalue weighted by atomic mass is 9.78. The Morgan fingerprint density at radius 3 is 2.96 bits per heavy atom. The fraction of sp³-hybridized carbons (Fsp3) is 0.571. The number of nitrogens with zero attached hydrogens (tertiary/aromatic N) is 1. The normalized spacial score (nSPS) is 24.1. The van der Waals surface area contributed by atoms with Crippen LogP contribution < -0.4 is 0 Å². The van der Waals surface area contributed by atoms with Gasteiger partial charge in [-0.2, -0.15) is 0 Å². The fourth-order valence-corrected chi connectivity index (χ4v) is 4.82. The molecule has 128 valence electrons. The first-order valence-corrected chi connectivity index (χ1v) is 9.58. The molecule has 3 nitrogen and oxygen atoms in total. The summed E-state index contributed by atoms with van der Waals surface area (Å²) in [5.41, 5.74) is 3.73. The Morgan fingerprint density at radius 1 is 1.21 bits per heavy atom. The molecule has 24 heavy (non-hydrogen) atoms. The van der Waals surface area contributed by atoms with Gasteiger partial charge in [-0.15, -0.1) is 0 Å². The predicted molar refractivity (Wildman–Crippen MR) is 98.0 cm³/mol. The van der Waals surface area contributed by atoms with Crippen LogP contribution in [0.2, 0.25) is 0 Å². The zero-order chi connectivity index (χ0) is 16.5. The highest BCUT2D eigenvalue weighted by molar-refractivity contribution is 5.85. The number of hydrogen-bond donors (Lipinski definition) is 1. The molecule has 1 saturated heterocycles. The second-order valence-electron chi connectivity index (χ2n) is 7.70. The highest BCUT2D eigenvalue weighted by atomic mass is 16.2. The number of rotatable bonds is 3. The van der Waals surface area contributed by atoms with E-state index in [0.29, 0.717) is 18.4 Å². The highest BCUT2D eigenvalue weighted by Gasteiger charge is 2.35. The molecule has 1 aliphatic carbocycles. The maximum atomic E-state index is 12.9. The van der Waals surface area contributed by atoms with Crippen LogP contribution in [-0.2, 0) is 11.2 Å². The molecule has 1 aromatic carbocycles. The molecule has 0 spiro atoms. The SMILES string of the molecule is Cc1ccc2[nH]cc(CCC(=O)N3CCCC4CCCCC43)c2c1. The Bertz CT molecular complexity index is 731. The van der Waals surface area contributed by atoms with Gasteiger partial charge in [0.25, 0.3) is 0 Å². The zero-order valence-electron chi connectivity index (χ0n) is 14.7. The number of H-pyrrole nitrogens is 1. The van der Waals surface area contributed by atoms with Gasteiger partial charge in [0.1, 0.15) is 0 Å². The van der Waals surface area contributed by atoms with Crippen molar-refractivity contribution in [3.8, 4) is 0 Å². The number of amides is 1. The minimum absolute atomic E-state index is 0.369. The summed E-state index contributed by atoms with van der Waals surface area (Å²) in [6.07, 6.45) is 11.3. The van der Waals surface area contributed by atoms with Crippen LogP contribution in [0.1, 0.15) is 56.1 Å². The average Bonchev–Trinajstić information content (AvgIpc) is 3.01. The average molecular weight is 324 g/mol. The number of piperidine rings is 1. The zero-order valence-corrected chi connectivity index (χ0v) is 14.7. The third-order valence-electron chi connectivity index (χ3n) is 6.09. The summed E-state index contributed by atoms with van der Waals surface area (Å²) < 4.78 is 0. The molecule has 0 bridgehead atoms. The summed E-state index contributed by atoms with van der Waals surface area (Å²) >= 11 is 0. The smallest absolute Gasteiger partial charge is 0.223 e. The number of likely N-dealkylation sites (tertiary alicyclic amines) is 1. The minimum atomic E-state index is 0.369. The number of benzene rings is 1. The van der Waals surface area contributed by atoms with E-state index < -0.39 is 0 Å². The molecule has 0 radical (unpaired) electrons. The van der Waals surface area contributed by atoms with Crippen LogP contribution >= 0.6 is 0 Å². The van der Waals surface area contributed by atoms with E-state index in [9.17, 15) is 4.79 Å². The van der Waals surface area contributed by atoms with Crippen molar-refractivity contribution in [1.29, 1.82) is 0 Å². The summed E-state index contributed by atoms with van der Waals surface area (Å²) in [7, 11) is 0. The van der Waals surface area contributed by atoms with E-state index in [1.165, 1.54) is 60.6 Å². The number of aryl methyl sites for hydroxylation is 2. The van der Waals surface area contributed by atoms with Crippen LogP contribution in [0.4, 0.5) is 0 Å². The molecule has 4 rings (SSSR count). The second kappa shape index (κ2) is 6.62. The van der Waals surface area contributed by atoms with E-state index in [4.69, 9.17) is 0 Å². The van der Waals surface area contributed by atoms with E-state index in [1.54, 1.807) is 0 Å². The summed E-state index contributed by atoms with van der Waals surface area (Å²) in [5, 5.41) is 1.27. The van der Waals surface area contributed by atoms with Gasteiger partial charge in [-0.05, 0) is 62.6 Å². The molecule has 2 atom stereocenters. The minimum Gasteiger partial charge on any atom is -0.361 e. The molecular weight excluding hydrogens is 296 g/mol. The lowest BCUT2D eigenvalue weighted by molar-refractivity contribution is -0.137. The van der Waals surface area contributed by atoms with Crippen molar-refractivity contribution in [1.82, 2.24) is 9.88 Å².